The van der Waals surface area contributed by atoms with E-state index < -0.39 is 11.6 Å². The van der Waals surface area contributed by atoms with E-state index in [1.807, 2.05) is 0 Å². The van der Waals surface area contributed by atoms with Crippen LogP contribution < -0.4 is 10.6 Å². The van der Waals surface area contributed by atoms with Gasteiger partial charge in [0.1, 0.15) is 17.5 Å². The van der Waals surface area contributed by atoms with Crippen molar-refractivity contribution in [2.45, 2.75) is 6.42 Å². The van der Waals surface area contributed by atoms with Crippen molar-refractivity contribution in [2.24, 2.45) is 0 Å². The Morgan fingerprint density at radius 2 is 1.90 bits per heavy atom. The molecule has 0 saturated heterocycles. The van der Waals surface area contributed by atoms with Crippen LogP contribution in [0.25, 0.3) is 0 Å². The molecule has 0 spiro atoms. The first-order valence-electron chi connectivity index (χ1n) is 5.97. The van der Waals surface area contributed by atoms with Crippen LogP contribution in [0.3, 0.4) is 0 Å². The quantitative estimate of drug-likeness (QED) is 0.875. The molecule has 20 heavy (non-hydrogen) atoms. The molecule has 1 aromatic heterocycles. The minimum absolute atomic E-state index is 0.486. The average molecular weight is 343 g/mol. The predicted octanol–water partition coefficient (Wildman–Crippen LogP) is 3.21. The van der Waals surface area contributed by atoms with Gasteiger partial charge in [-0.1, -0.05) is 0 Å². The van der Waals surface area contributed by atoms with Crippen molar-refractivity contribution in [1.82, 2.24) is 9.97 Å². The second-order valence-corrected chi connectivity index (χ2v) is 4.95. The van der Waals surface area contributed by atoms with E-state index in [0.717, 1.165) is 10.5 Å². The highest BCUT2D eigenvalue weighted by Gasteiger charge is 2.05. The summed E-state index contributed by atoms with van der Waals surface area (Å²) in [6.07, 6.45) is 2.11. The number of hydrogen-bond acceptors (Lipinski definition) is 4. The molecule has 4 nitrogen and oxygen atoms in total. The van der Waals surface area contributed by atoms with Crippen molar-refractivity contribution < 1.29 is 8.78 Å². The van der Waals surface area contributed by atoms with Crippen molar-refractivity contribution in [3.63, 3.8) is 0 Å². The summed E-state index contributed by atoms with van der Waals surface area (Å²) in [5.41, 5.74) is 0.592. The summed E-state index contributed by atoms with van der Waals surface area (Å²) in [6.45, 7) is 0.502. The minimum atomic E-state index is -0.569. The summed E-state index contributed by atoms with van der Waals surface area (Å²) in [7, 11) is 1.72. The zero-order chi connectivity index (χ0) is 14.5. The van der Waals surface area contributed by atoms with E-state index in [2.05, 4.69) is 36.5 Å². The highest BCUT2D eigenvalue weighted by atomic mass is 79.9. The van der Waals surface area contributed by atoms with Crippen LogP contribution in [0.15, 0.2) is 28.9 Å². The van der Waals surface area contributed by atoms with Crippen LogP contribution in [-0.2, 0) is 6.42 Å². The summed E-state index contributed by atoms with van der Waals surface area (Å²) in [6, 6.07) is 3.49. The molecule has 1 aromatic carbocycles. The van der Waals surface area contributed by atoms with Crippen molar-refractivity contribution >= 4 is 27.7 Å². The number of halogens is 3. The van der Waals surface area contributed by atoms with E-state index in [0.29, 0.717) is 30.3 Å². The fourth-order valence-corrected chi connectivity index (χ4v) is 2.02. The van der Waals surface area contributed by atoms with Crippen molar-refractivity contribution in [1.29, 1.82) is 0 Å². The van der Waals surface area contributed by atoms with Crippen molar-refractivity contribution in [3.05, 3.63) is 46.1 Å². The van der Waals surface area contributed by atoms with E-state index in [9.17, 15) is 8.78 Å². The van der Waals surface area contributed by atoms with Gasteiger partial charge in [-0.2, -0.15) is 4.98 Å². The zero-order valence-corrected chi connectivity index (χ0v) is 12.3. The Bertz CT molecular complexity index is 587. The van der Waals surface area contributed by atoms with Gasteiger partial charge >= 0.3 is 0 Å². The Balaban J connectivity index is 1.99. The lowest BCUT2D eigenvalue weighted by atomic mass is 10.1. The van der Waals surface area contributed by atoms with Crippen LogP contribution in [0.2, 0.25) is 0 Å². The SMILES string of the molecule is CNc1ncc(Br)c(NCCc2cc(F)cc(F)c2)n1. The molecule has 0 fully saturated rings. The molecule has 0 saturated carbocycles. The second-order valence-electron chi connectivity index (χ2n) is 4.09. The smallest absolute Gasteiger partial charge is 0.224 e. The van der Waals surface area contributed by atoms with Gasteiger partial charge in [0.15, 0.2) is 0 Å². The molecule has 106 valence electrons. The number of aromatic nitrogens is 2. The van der Waals surface area contributed by atoms with Gasteiger partial charge in [0.05, 0.1) is 4.47 Å². The maximum atomic E-state index is 13.0. The number of nitrogens with one attached hydrogen (secondary N) is 2. The standard InChI is InChI=1S/C13H13BrF2N4/c1-17-13-19-7-11(14)12(20-13)18-3-2-8-4-9(15)6-10(16)5-8/h4-7H,2-3H2,1H3,(H2,17,18,19,20). The molecule has 0 aliphatic rings. The lowest BCUT2D eigenvalue weighted by molar-refractivity contribution is 0.580. The van der Waals surface area contributed by atoms with E-state index in [4.69, 9.17) is 0 Å². The highest BCUT2D eigenvalue weighted by Crippen LogP contribution is 2.20. The van der Waals surface area contributed by atoms with Gasteiger partial charge in [-0.05, 0) is 40.0 Å². The number of hydrogen-bond donors (Lipinski definition) is 2. The second kappa shape index (κ2) is 6.60. The first-order chi connectivity index (χ1) is 9.58. The fraction of sp³-hybridized carbons (Fsp3) is 0.231. The molecular formula is C13H13BrF2N4. The summed E-state index contributed by atoms with van der Waals surface area (Å²) < 4.78 is 26.8. The zero-order valence-electron chi connectivity index (χ0n) is 10.8. The summed E-state index contributed by atoms with van der Waals surface area (Å²) in [5, 5.41) is 5.93. The third kappa shape index (κ3) is 3.86. The molecule has 0 aliphatic heterocycles. The lowest BCUT2D eigenvalue weighted by Gasteiger charge is -2.09. The first kappa shape index (κ1) is 14.6. The number of nitrogens with zero attached hydrogens (tertiary/aromatic N) is 2. The Kier molecular flexibility index (Phi) is 4.84. The maximum Gasteiger partial charge on any atom is 0.224 e. The largest absolute Gasteiger partial charge is 0.369 e. The van der Waals surface area contributed by atoms with E-state index >= 15 is 0 Å². The molecular weight excluding hydrogens is 330 g/mol. The molecule has 2 N–H and O–H groups in total. The van der Waals surface area contributed by atoms with Gasteiger partial charge in [0.25, 0.3) is 0 Å². The summed E-state index contributed by atoms with van der Waals surface area (Å²) in [5.74, 6) is -0.0184. The Morgan fingerprint density at radius 1 is 1.20 bits per heavy atom. The first-order valence-corrected chi connectivity index (χ1v) is 6.77. The van der Waals surface area contributed by atoms with E-state index in [-0.39, 0.29) is 0 Å². The molecule has 2 rings (SSSR count). The van der Waals surface area contributed by atoms with Crippen LogP contribution in [0.1, 0.15) is 5.56 Å². The van der Waals surface area contributed by atoms with Crippen molar-refractivity contribution in [2.75, 3.05) is 24.2 Å². The van der Waals surface area contributed by atoms with Crippen LogP contribution in [0.5, 0.6) is 0 Å². The summed E-state index contributed by atoms with van der Waals surface area (Å²) in [4.78, 5) is 8.27. The number of benzene rings is 1. The van der Waals surface area contributed by atoms with E-state index in [1.165, 1.54) is 12.1 Å². The number of rotatable bonds is 5. The van der Waals surface area contributed by atoms with E-state index in [1.54, 1.807) is 13.2 Å². The molecule has 0 unspecified atom stereocenters. The third-order valence-corrected chi connectivity index (χ3v) is 3.18. The molecule has 0 aliphatic carbocycles. The molecule has 0 amide bonds. The third-order valence-electron chi connectivity index (χ3n) is 2.60. The normalized spacial score (nSPS) is 10.4. The van der Waals surface area contributed by atoms with Crippen molar-refractivity contribution in [3.8, 4) is 0 Å². The van der Waals surface area contributed by atoms with Gasteiger partial charge in [-0.25, -0.2) is 13.8 Å². The molecule has 2 aromatic rings. The molecule has 1 heterocycles. The lowest BCUT2D eigenvalue weighted by Crippen LogP contribution is -2.09. The predicted molar refractivity (Wildman–Crippen MR) is 77.8 cm³/mol. The molecule has 0 bridgehead atoms. The van der Waals surface area contributed by atoms with Gasteiger partial charge in [-0.3, -0.25) is 0 Å². The topological polar surface area (TPSA) is 49.8 Å². The Hall–Kier alpha value is -1.76. The number of anilines is 2. The molecule has 0 atom stereocenters. The Labute approximate surface area is 123 Å². The summed E-state index contributed by atoms with van der Waals surface area (Å²) >= 11 is 3.33. The van der Waals surface area contributed by atoms with Crippen LogP contribution in [0.4, 0.5) is 20.5 Å². The monoisotopic (exact) mass is 342 g/mol. The van der Waals surface area contributed by atoms with Gasteiger partial charge < -0.3 is 10.6 Å². The van der Waals surface area contributed by atoms with Gasteiger partial charge in [0.2, 0.25) is 5.95 Å². The maximum absolute atomic E-state index is 13.0. The van der Waals surface area contributed by atoms with Gasteiger partial charge in [0, 0.05) is 25.9 Å². The Morgan fingerprint density at radius 3 is 2.55 bits per heavy atom. The molecule has 0 radical (unpaired) electrons. The van der Waals surface area contributed by atoms with Crippen LogP contribution in [-0.4, -0.2) is 23.6 Å². The average Bonchev–Trinajstić information content (AvgIpc) is 2.40. The highest BCUT2D eigenvalue weighted by molar-refractivity contribution is 9.10. The van der Waals surface area contributed by atoms with Crippen LogP contribution >= 0.6 is 15.9 Å². The minimum Gasteiger partial charge on any atom is -0.369 e. The molecule has 7 heteroatoms. The van der Waals surface area contributed by atoms with Gasteiger partial charge in [-0.15, -0.1) is 0 Å². The van der Waals surface area contributed by atoms with Crippen LogP contribution in [0, 0.1) is 11.6 Å². The fourth-order valence-electron chi connectivity index (χ4n) is 1.69.